The summed E-state index contributed by atoms with van der Waals surface area (Å²) in [5.74, 6) is 0. The van der Waals surface area contributed by atoms with E-state index in [-0.39, 0.29) is 57.3 Å². The Morgan fingerprint density at radius 3 is 1.14 bits per heavy atom. The topological polar surface area (TPSA) is 86.2 Å². The second-order valence-corrected chi connectivity index (χ2v) is 1.34. The van der Waals surface area contributed by atoms with E-state index in [2.05, 4.69) is 0 Å². The van der Waals surface area contributed by atoms with Gasteiger partial charge in [-0.15, -0.1) is 0 Å². The Morgan fingerprint density at radius 2 is 1.14 bits per heavy atom. The van der Waals surface area contributed by atoms with Crippen LogP contribution in [0.3, 0.4) is 0 Å². The van der Waals surface area contributed by atoms with Gasteiger partial charge in [0.05, 0.1) is 0 Å². The minimum Gasteiger partial charge on any atom is -0.822 e. The molecule has 7 heavy (non-hydrogen) atoms. The molecular formula is CrO4PTh. The quantitative estimate of drug-likeness (QED) is 0.425. The number of hydrogen-bond donors (Lipinski definition) is 0. The van der Waals surface area contributed by atoms with Crippen molar-refractivity contribution in [2.24, 2.45) is 0 Å². The molecule has 0 saturated heterocycles. The predicted octanol–water partition coefficient (Wildman–Crippen LogP) is -2.83. The zero-order valence-electron chi connectivity index (χ0n) is 2.99. The van der Waals surface area contributed by atoms with Crippen LogP contribution in [0.1, 0.15) is 0 Å². The summed E-state index contributed by atoms with van der Waals surface area (Å²) in [5.41, 5.74) is 0. The van der Waals surface area contributed by atoms with Crippen molar-refractivity contribution in [3.8, 4) is 0 Å². The molecule has 0 aromatic heterocycles. The molecule has 0 aromatic carbocycles. The zero-order chi connectivity index (χ0) is 4.50. The van der Waals surface area contributed by atoms with Crippen LogP contribution in [0.4, 0.5) is 0 Å². The van der Waals surface area contributed by atoms with E-state index < -0.39 is 7.82 Å². The van der Waals surface area contributed by atoms with Crippen LogP contribution in [-0.4, -0.2) is 0 Å². The Morgan fingerprint density at radius 1 is 1.14 bits per heavy atom. The van der Waals surface area contributed by atoms with Gasteiger partial charge in [0.1, 0.15) is 0 Å². The molecular weight excluding hydrogens is 379 g/mol. The zero-order valence-corrected chi connectivity index (χ0v) is 9.27. The first-order valence-corrected chi connectivity index (χ1v) is 2.19. The van der Waals surface area contributed by atoms with Crippen LogP contribution in [0.2, 0.25) is 0 Å². The molecule has 0 fully saturated rings. The van der Waals surface area contributed by atoms with Gasteiger partial charge in [-0.1, -0.05) is 0 Å². The summed E-state index contributed by atoms with van der Waals surface area (Å²) in [6.45, 7) is 0. The van der Waals surface area contributed by atoms with E-state index in [9.17, 15) is 0 Å². The van der Waals surface area contributed by atoms with Gasteiger partial charge in [0.25, 0.3) is 0 Å². The Hall–Kier alpha value is 1.97. The fraction of sp³-hybridized carbons (Fsp3) is 0. The molecule has 0 aromatic rings. The van der Waals surface area contributed by atoms with Gasteiger partial charge in [-0.05, 0) is 0 Å². The van der Waals surface area contributed by atoms with Crippen LogP contribution in [0.5, 0.6) is 0 Å². The first-order chi connectivity index (χ1) is 2.00. The largest absolute Gasteiger partial charge is 3.00 e. The summed E-state index contributed by atoms with van der Waals surface area (Å²) < 4.78 is 8.55. The fourth-order valence-corrected chi connectivity index (χ4v) is 0. The number of hydrogen-bond acceptors (Lipinski definition) is 4. The SMILES string of the molecule is O=P([O-])([O-])[O-].[Cr+3].[Th]. The van der Waals surface area contributed by atoms with Crippen molar-refractivity contribution < 1.29 is 76.5 Å². The van der Waals surface area contributed by atoms with E-state index in [1.807, 2.05) is 0 Å². The standard InChI is InChI=1S/Cr.H3O4P.Th/c;1-5(2,3)4;/h;(H3,1,2,3,4);/q+3;;/p-3. The van der Waals surface area contributed by atoms with E-state index >= 15 is 0 Å². The van der Waals surface area contributed by atoms with Gasteiger partial charge in [-0.3, -0.25) is 0 Å². The summed E-state index contributed by atoms with van der Waals surface area (Å²) in [5, 5.41) is 0. The van der Waals surface area contributed by atoms with Crippen molar-refractivity contribution in [3.63, 3.8) is 0 Å². The van der Waals surface area contributed by atoms with Crippen molar-refractivity contribution in [3.05, 3.63) is 0 Å². The molecule has 0 N–H and O–H groups in total. The molecule has 0 saturated carbocycles. The minimum absolute atomic E-state index is 0. The third-order valence-corrected chi connectivity index (χ3v) is 0. The Labute approximate surface area is 83.4 Å². The number of phosphoric acid groups is 1. The van der Waals surface area contributed by atoms with Gasteiger partial charge in [0, 0.05) is 39.9 Å². The van der Waals surface area contributed by atoms with Crippen LogP contribution in [-0.2, 0) is 21.9 Å². The van der Waals surface area contributed by atoms with Crippen LogP contribution < -0.4 is 14.7 Å². The fourth-order valence-electron chi connectivity index (χ4n) is 0. The molecule has 0 aliphatic carbocycles. The maximum absolute atomic E-state index is 8.55. The molecule has 0 heterocycles. The minimum atomic E-state index is -5.39. The van der Waals surface area contributed by atoms with E-state index in [0.717, 1.165) is 0 Å². The first-order valence-electron chi connectivity index (χ1n) is 0.730. The average Bonchev–Trinajstić information content (AvgIpc) is 0.722. The van der Waals surface area contributed by atoms with E-state index in [1.165, 1.54) is 0 Å². The molecule has 39 valence electrons. The molecule has 0 unspecified atom stereocenters. The van der Waals surface area contributed by atoms with Gasteiger partial charge in [0.15, 0.2) is 0 Å². The third kappa shape index (κ3) is 73.3. The Bertz CT molecular complexity index is 57.8. The molecule has 0 atom stereocenters. The summed E-state index contributed by atoms with van der Waals surface area (Å²) in [6, 6.07) is 0. The number of rotatable bonds is 0. The third-order valence-electron chi connectivity index (χ3n) is 0. The van der Waals surface area contributed by atoms with Crippen LogP contribution in [0.15, 0.2) is 0 Å². The monoisotopic (exact) mass is 379 g/mol. The summed E-state index contributed by atoms with van der Waals surface area (Å²) in [7, 11) is -5.39. The molecule has 4 nitrogen and oxygen atoms in total. The normalized spacial score (nSPS) is 8.43. The van der Waals surface area contributed by atoms with Crippen molar-refractivity contribution >= 4 is 7.82 Å². The second-order valence-electron chi connectivity index (χ2n) is 0.447. The van der Waals surface area contributed by atoms with Crippen LogP contribution >= 0.6 is 7.82 Å². The summed E-state index contributed by atoms with van der Waals surface area (Å²) in [4.78, 5) is 25.6. The molecule has 0 aliphatic rings. The molecule has 0 amide bonds. The summed E-state index contributed by atoms with van der Waals surface area (Å²) in [6.07, 6.45) is 0. The van der Waals surface area contributed by atoms with Gasteiger partial charge >= 0.3 is 17.4 Å². The molecule has 7 heteroatoms. The van der Waals surface area contributed by atoms with Gasteiger partial charge in [0.2, 0.25) is 0 Å². The van der Waals surface area contributed by atoms with Gasteiger partial charge < -0.3 is 19.2 Å². The Kier molecular flexibility index (Phi) is 13.9. The molecule has 0 bridgehead atoms. The molecule has 0 rings (SSSR count). The summed E-state index contributed by atoms with van der Waals surface area (Å²) >= 11 is 0. The van der Waals surface area contributed by atoms with Crippen molar-refractivity contribution in [2.75, 3.05) is 0 Å². The van der Waals surface area contributed by atoms with Gasteiger partial charge in [-0.2, -0.15) is 7.82 Å². The second kappa shape index (κ2) is 6.09. The first kappa shape index (κ1) is 16.0. The maximum atomic E-state index is 8.55. The average molecular weight is 379 g/mol. The van der Waals surface area contributed by atoms with Crippen LogP contribution in [0.25, 0.3) is 0 Å². The molecule has 0 spiro atoms. The maximum Gasteiger partial charge on any atom is 3.00 e. The van der Waals surface area contributed by atoms with Gasteiger partial charge in [-0.25, -0.2) is 0 Å². The molecule has 0 aliphatic heterocycles. The van der Waals surface area contributed by atoms with E-state index in [4.69, 9.17) is 19.2 Å². The Balaban J connectivity index is -0.0000000800. The van der Waals surface area contributed by atoms with E-state index in [1.54, 1.807) is 0 Å². The van der Waals surface area contributed by atoms with Crippen LogP contribution in [0, 0.1) is 39.9 Å². The van der Waals surface area contributed by atoms with Crippen molar-refractivity contribution in [1.29, 1.82) is 0 Å². The molecule has 1 radical (unpaired) electrons. The van der Waals surface area contributed by atoms with E-state index in [0.29, 0.717) is 0 Å². The predicted molar refractivity (Wildman–Crippen MR) is 7.61 cm³/mol. The van der Waals surface area contributed by atoms with Crippen molar-refractivity contribution in [2.45, 2.75) is 0 Å². The van der Waals surface area contributed by atoms with Crippen molar-refractivity contribution in [1.82, 2.24) is 0 Å². The smallest absolute Gasteiger partial charge is 0.822 e.